The van der Waals surface area contributed by atoms with E-state index in [-0.39, 0.29) is 0 Å². The molecule has 0 aliphatic rings. The molecule has 3 nitrogen and oxygen atoms in total. The molecule has 0 aliphatic carbocycles. The van der Waals surface area contributed by atoms with Crippen molar-refractivity contribution in [2.75, 3.05) is 12.5 Å². The highest BCUT2D eigenvalue weighted by atomic mass is 16.5. The van der Waals surface area contributed by atoms with Gasteiger partial charge in [-0.3, -0.25) is 5.43 Å². The predicted octanol–water partition coefficient (Wildman–Crippen LogP) is 4.65. The van der Waals surface area contributed by atoms with Gasteiger partial charge in [0.25, 0.3) is 0 Å². The average molecular weight is 282 g/mol. The molecule has 0 saturated carbocycles. The van der Waals surface area contributed by atoms with E-state index in [9.17, 15) is 0 Å². The molecule has 0 unspecified atom stereocenters. The second kappa shape index (κ2) is 6.93. The molecule has 110 valence electrons. The molecule has 21 heavy (non-hydrogen) atoms. The van der Waals surface area contributed by atoms with Crippen molar-refractivity contribution < 1.29 is 4.74 Å². The number of ether oxygens (including phenoxy) is 1. The zero-order valence-corrected chi connectivity index (χ0v) is 13.1. The minimum Gasteiger partial charge on any atom is -0.496 e. The Kier molecular flexibility index (Phi) is 4.99. The molecule has 0 saturated heterocycles. The van der Waals surface area contributed by atoms with Crippen molar-refractivity contribution >= 4 is 11.4 Å². The van der Waals surface area contributed by atoms with Gasteiger partial charge in [0, 0.05) is 0 Å². The van der Waals surface area contributed by atoms with Gasteiger partial charge in [-0.15, -0.1) is 0 Å². The van der Waals surface area contributed by atoms with E-state index in [1.807, 2.05) is 49.4 Å². The first-order valence-corrected chi connectivity index (χ1v) is 7.15. The number of benzene rings is 2. The highest BCUT2D eigenvalue weighted by Gasteiger charge is 2.08. The van der Waals surface area contributed by atoms with E-state index in [1.54, 1.807) is 7.11 Å². The van der Waals surface area contributed by atoms with Crippen LogP contribution in [0.25, 0.3) is 0 Å². The number of hydrogen-bond donors (Lipinski definition) is 1. The molecule has 2 rings (SSSR count). The van der Waals surface area contributed by atoms with Crippen LogP contribution in [0.5, 0.6) is 5.75 Å². The fourth-order valence-corrected chi connectivity index (χ4v) is 2.15. The molecule has 0 atom stereocenters. The third-order valence-electron chi connectivity index (χ3n) is 3.40. The third-order valence-corrected chi connectivity index (χ3v) is 3.40. The summed E-state index contributed by atoms with van der Waals surface area (Å²) in [6.07, 6.45) is 0. The van der Waals surface area contributed by atoms with Crippen molar-refractivity contribution in [3.63, 3.8) is 0 Å². The molecule has 2 aromatic rings. The maximum absolute atomic E-state index is 5.39. The van der Waals surface area contributed by atoms with Crippen LogP contribution in [-0.4, -0.2) is 12.8 Å². The summed E-state index contributed by atoms with van der Waals surface area (Å²) in [6, 6.07) is 16.2. The molecule has 2 aromatic carbocycles. The zero-order valence-electron chi connectivity index (χ0n) is 13.1. The van der Waals surface area contributed by atoms with Gasteiger partial charge in [0.2, 0.25) is 0 Å². The van der Waals surface area contributed by atoms with Crippen LogP contribution in [0.2, 0.25) is 0 Å². The molecule has 0 aliphatic heterocycles. The number of anilines is 1. The van der Waals surface area contributed by atoms with E-state index >= 15 is 0 Å². The molecule has 0 amide bonds. The highest BCUT2D eigenvalue weighted by molar-refractivity contribution is 5.99. The largest absolute Gasteiger partial charge is 0.496 e. The maximum atomic E-state index is 5.39. The smallest absolute Gasteiger partial charge is 0.122 e. The molecule has 0 bridgehead atoms. The average Bonchev–Trinajstić information content (AvgIpc) is 2.53. The summed E-state index contributed by atoms with van der Waals surface area (Å²) in [4.78, 5) is 0. The Balaban J connectivity index is 2.19. The van der Waals surface area contributed by atoms with Gasteiger partial charge in [-0.1, -0.05) is 44.2 Å². The van der Waals surface area contributed by atoms with Gasteiger partial charge in [0.05, 0.1) is 18.5 Å². The number of nitrogens with one attached hydrogen (secondary N) is 1. The quantitative estimate of drug-likeness (QED) is 0.639. The van der Waals surface area contributed by atoms with Crippen LogP contribution in [0.15, 0.2) is 53.6 Å². The standard InChI is InChI=1S/C18H22N2O/c1-13(2)17-12-16(10-11-18(17)21-4)20-19-14(3)15-8-6-5-7-9-15/h5-13,20H,1-4H3. The first kappa shape index (κ1) is 15.1. The highest BCUT2D eigenvalue weighted by Crippen LogP contribution is 2.29. The number of hydrazone groups is 1. The molecule has 0 spiro atoms. The van der Waals surface area contributed by atoms with Crippen LogP contribution in [0.3, 0.4) is 0 Å². The predicted molar refractivity (Wildman–Crippen MR) is 89.4 cm³/mol. The van der Waals surface area contributed by atoms with Gasteiger partial charge in [-0.25, -0.2) is 0 Å². The molecule has 0 radical (unpaired) electrons. The molecule has 0 fully saturated rings. The van der Waals surface area contributed by atoms with Crippen LogP contribution in [0, 0.1) is 0 Å². The molecule has 0 heterocycles. The second-order valence-corrected chi connectivity index (χ2v) is 5.29. The lowest BCUT2D eigenvalue weighted by atomic mass is 10.0. The van der Waals surface area contributed by atoms with E-state index in [1.165, 1.54) is 5.56 Å². The van der Waals surface area contributed by atoms with Crippen molar-refractivity contribution in [2.45, 2.75) is 26.7 Å². The lowest BCUT2D eigenvalue weighted by Crippen LogP contribution is -2.01. The Labute approximate surface area is 126 Å². The number of methoxy groups -OCH3 is 1. The monoisotopic (exact) mass is 282 g/mol. The Morgan fingerprint density at radius 3 is 2.43 bits per heavy atom. The SMILES string of the molecule is COc1ccc(NN=C(C)c2ccccc2)cc1C(C)C. The zero-order chi connectivity index (χ0) is 15.2. The van der Waals surface area contributed by atoms with Crippen LogP contribution < -0.4 is 10.2 Å². The van der Waals surface area contributed by atoms with Crippen LogP contribution in [-0.2, 0) is 0 Å². The summed E-state index contributed by atoms with van der Waals surface area (Å²) < 4.78 is 5.39. The number of rotatable bonds is 5. The summed E-state index contributed by atoms with van der Waals surface area (Å²) in [5.41, 5.74) is 7.33. The van der Waals surface area contributed by atoms with Crippen molar-refractivity contribution in [3.8, 4) is 5.75 Å². The Hall–Kier alpha value is -2.29. The van der Waals surface area contributed by atoms with Crippen molar-refractivity contribution in [2.24, 2.45) is 5.10 Å². The molecule has 1 N–H and O–H groups in total. The maximum Gasteiger partial charge on any atom is 0.122 e. The van der Waals surface area contributed by atoms with Gasteiger partial charge in [-0.2, -0.15) is 5.10 Å². The van der Waals surface area contributed by atoms with E-state index in [2.05, 4.69) is 30.4 Å². The van der Waals surface area contributed by atoms with Gasteiger partial charge in [0.15, 0.2) is 0 Å². The Morgan fingerprint density at radius 2 is 1.81 bits per heavy atom. The fraction of sp³-hybridized carbons (Fsp3) is 0.278. The van der Waals surface area contributed by atoms with E-state index in [0.717, 1.165) is 22.7 Å². The van der Waals surface area contributed by atoms with Crippen molar-refractivity contribution in [1.82, 2.24) is 0 Å². The second-order valence-electron chi connectivity index (χ2n) is 5.29. The lowest BCUT2D eigenvalue weighted by Gasteiger charge is -2.13. The normalized spacial score (nSPS) is 11.6. The number of nitrogens with zero attached hydrogens (tertiary/aromatic N) is 1. The molecule has 3 heteroatoms. The summed E-state index contributed by atoms with van der Waals surface area (Å²) in [5, 5.41) is 4.45. The van der Waals surface area contributed by atoms with E-state index < -0.39 is 0 Å². The van der Waals surface area contributed by atoms with Gasteiger partial charge < -0.3 is 4.74 Å². The van der Waals surface area contributed by atoms with Crippen molar-refractivity contribution in [1.29, 1.82) is 0 Å². The number of hydrogen-bond acceptors (Lipinski definition) is 3. The third kappa shape index (κ3) is 3.85. The Bertz CT molecular complexity index is 618. The summed E-state index contributed by atoms with van der Waals surface area (Å²) >= 11 is 0. The molecule has 0 aromatic heterocycles. The molecular formula is C18H22N2O. The first-order valence-electron chi connectivity index (χ1n) is 7.15. The minimum absolute atomic E-state index is 0.404. The van der Waals surface area contributed by atoms with Crippen LogP contribution >= 0.6 is 0 Å². The Morgan fingerprint density at radius 1 is 1.10 bits per heavy atom. The van der Waals surface area contributed by atoms with Crippen LogP contribution in [0.4, 0.5) is 5.69 Å². The van der Waals surface area contributed by atoms with E-state index in [0.29, 0.717) is 5.92 Å². The van der Waals surface area contributed by atoms with Crippen LogP contribution in [0.1, 0.15) is 37.8 Å². The summed E-state index contributed by atoms with van der Waals surface area (Å²) in [7, 11) is 1.70. The van der Waals surface area contributed by atoms with E-state index in [4.69, 9.17) is 4.74 Å². The van der Waals surface area contributed by atoms with Gasteiger partial charge >= 0.3 is 0 Å². The van der Waals surface area contributed by atoms with Gasteiger partial charge in [-0.05, 0) is 42.2 Å². The van der Waals surface area contributed by atoms with Crippen molar-refractivity contribution in [3.05, 3.63) is 59.7 Å². The molecular weight excluding hydrogens is 260 g/mol. The fourth-order valence-electron chi connectivity index (χ4n) is 2.15. The summed E-state index contributed by atoms with van der Waals surface area (Å²) in [6.45, 7) is 6.30. The minimum atomic E-state index is 0.404. The lowest BCUT2D eigenvalue weighted by molar-refractivity contribution is 0.407. The summed E-state index contributed by atoms with van der Waals surface area (Å²) in [5.74, 6) is 1.32. The first-order chi connectivity index (χ1) is 10.1. The topological polar surface area (TPSA) is 33.6 Å². The van der Waals surface area contributed by atoms with Gasteiger partial charge in [0.1, 0.15) is 5.75 Å².